The third kappa shape index (κ3) is 7.22. The number of carbonyl (C=O) groups excluding carboxylic acids is 1. The lowest BCUT2D eigenvalue weighted by molar-refractivity contribution is 0.0954. The molecule has 6 nitrogen and oxygen atoms in total. The van der Waals surface area contributed by atoms with E-state index in [-0.39, 0.29) is 34.6 Å². The Kier molecular flexibility index (Phi) is 10.1. The molecule has 2 rings (SSSR count). The molecular formula is C18H29IN4O2S. The molecular weight excluding hydrogens is 463 g/mol. The lowest BCUT2D eigenvalue weighted by atomic mass is 10.1. The highest BCUT2D eigenvalue weighted by Crippen LogP contribution is 2.36. The van der Waals surface area contributed by atoms with Gasteiger partial charge in [-0.3, -0.25) is 9.79 Å². The number of hydrogen-bond acceptors (Lipinski definition) is 4. The van der Waals surface area contributed by atoms with Crippen molar-refractivity contribution in [1.29, 1.82) is 0 Å². The summed E-state index contributed by atoms with van der Waals surface area (Å²) in [5.41, 5.74) is 0.591. The van der Waals surface area contributed by atoms with Gasteiger partial charge in [0.1, 0.15) is 5.75 Å². The Morgan fingerprint density at radius 2 is 2.08 bits per heavy atom. The fourth-order valence-corrected chi connectivity index (χ4v) is 3.94. The highest BCUT2D eigenvalue weighted by atomic mass is 127. The van der Waals surface area contributed by atoms with E-state index in [9.17, 15) is 4.79 Å². The Morgan fingerprint density at radius 3 is 2.73 bits per heavy atom. The number of nitrogens with one attached hydrogen (secondary N) is 3. The summed E-state index contributed by atoms with van der Waals surface area (Å²) in [6.07, 6.45) is 2.52. The lowest BCUT2D eigenvalue weighted by Gasteiger charge is -2.24. The summed E-state index contributed by atoms with van der Waals surface area (Å²) in [6.45, 7) is 4.31. The van der Waals surface area contributed by atoms with Crippen molar-refractivity contribution in [2.45, 2.75) is 24.5 Å². The van der Waals surface area contributed by atoms with Gasteiger partial charge in [0, 0.05) is 37.0 Å². The molecule has 3 N–H and O–H groups in total. The predicted molar refractivity (Wildman–Crippen MR) is 120 cm³/mol. The third-order valence-corrected chi connectivity index (χ3v) is 5.73. The van der Waals surface area contributed by atoms with E-state index in [1.807, 2.05) is 17.8 Å². The maximum Gasteiger partial charge on any atom is 0.251 e. The topological polar surface area (TPSA) is 74.8 Å². The number of carbonyl (C=O) groups is 1. The third-order valence-electron chi connectivity index (χ3n) is 4.19. The van der Waals surface area contributed by atoms with Crippen molar-refractivity contribution in [3.8, 4) is 5.75 Å². The van der Waals surface area contributed by atoms with E-state index < -0.39 is 0 Å². The first-order valence-electron chi connectivity index (χ1n) is 8.57. The molecule has 1 aliphatic heterocycles. The minimum atomic E-state index is -0.112. The predicted octanol–water partition coefficient (Wildman–Crippen LogP) is 2.49. The molecule has 0 spiro atoms. The van der Waals surface area contributed by atoms with Crippen LogP contribution in [0.25, 0.3) is 0 Å². The second kappa shape index (κ2) is 11.5. The number of guanidine groups is 1. The van der Waals surface area contributed by atoms with Gasteiger partial charge in [-0.15, -0.1) is 24.0 Å². The summed E-state index contributed by atoms with van der Waals surface area (Å²) in [4.78, 5) is 16.4. The van der Waals surface area contributed by atoms with Crippen LogP contribution in [0.1, 0.15) is 30.1 Å². The first kappa shape index (κ1) is 22.9. The number of nitrogens with zero attached hydrogens (tertiary/aromatic N) is 1. The molecule has 1 unspecified atom stereocenters. The van der Waals surface area contributed by atoms with Crippen LogP contribution in [0.5, 0.6) is 5.75 Å². The molecule has 1 amide bonds. The molecule has 1 heterocycles. The summed E-state index contributed by atoms with van der Waals surface area (Å²) < 4.78 is 5.43. The Hall–Kier alpha value is -1.16. The SMILES string of the molecule is CN=C(NCCNC(=O)c1cccc(OC)c1)NCC1(C)CCCS1.I. The van der Waals surface area contributed by atoms with Crippen molar-refractivity contribution in [3.63, 3.8) is 0 Å². The fourth-order valence-electron chi connectivity index (χ4n) is 2.69. The molecule has 146 valence electrons. The largest absolute Gasteiger partial charge is 0.497 e. The number of amides is 1. The Bertz CT molecular complexity index is 607. The zero-order valence-electron chi connectivity index (χ0n) is 15.6. The average Bonchev–Trinajstić information content (AvgIpc) is 3.07. The molecule has 0 aliphatic carbocycles. The maximum absolute atomic E-state index is 12.1. The number of methoxy groups -OCH3 is 1. The summed E-state index contributed by atoms with van der Waals surface area (Å²) >= 11 is 2.02. The van der Waals surface area contributed by atoms with E-state index in [0.29, 0.717) is 24.4 Å². The van der Waals surface area contributed by atoms with Gasteiger partial charge in [0.25, 0.3) is 5.91 Å². The van der Waals surface area contributed by atoms with Crippen LogP contribution in [0.15, 0.2) is 29.3 Å². The normalized spacial score (nSPS) is 19.4. The van der Waals surface area contributed by atoms with E-state index >= 15 is 0 Å². The van der Waals surface area contributed by atoms with Crippen LogP contribution < -0.4 is 20.7 Å². The molecule has 1 aliphatic rings. The maximum atomic E-state index is 12.1. The number of aliphatic imine (C=N–C) groups is 1. The summed E-state index contributed by atoms with van der Waals surface area (Å²) in [5.74, 6) is 2.57. The number of ether oxygens (including phenoxy) is 1. The van der Waals surface area contributed by atoms with Crippen LogP contribution in [0.3, 0.4) is 0 Å². The zero-order chi connectivity index (χ0) is 18.1. The first-order chi connectivity index (χ1) is 12.1. The van der Waals surface area contributed by atoms with Crippen LogP contribution >= 0.6 is 35.7 Å². The van der Waals surface area contributed by atoms with Gasteiger partial charge in [-0.2, -0.15) is 11.8 Å². The Balaban J connectivity index is 0.00000338. The molecule has 0 bridgehead atoms. The smallest absolute Gasteiger partial charge is 0.251 e. The number of hydrogen-bond donors (Lipinski definition) is 3. The van der Waals surface area contributed by atoms with Crippen molar-refractivity contribution in [2.75, 3.05) is 39.5 Å². The van der Waals surface area contributed by atoms with Crippen LogP contribution in [0.2, 0.25) is 0 Å². The van der Waals surface area contributed by atoms with Gasteiger partial charge in [-0.1, -0.05) is 6.07 Å². The van der Waals surface area contributed by atoms with Crippen molar-refractivity contribution in [3.05, 3.63) is 29.8 Å². The Morgan fingerprint density at radius 1 is 1.31 bits per heavy atom. The summed E-state index contributed by atoms with van der Waals surface area (Å²) in [7, 11) is 3.35. The van der Waals surface area contributed by atoms with Gasteiger partial charge < -0.3 is 20.7 Å². The molecule has 0 radical (unpaired) electrons. The van der Waals surface area contributed by atoms with Gasteiger partial charge in [-0.25, -0.2) is 0 Å². The van der Waals surface area contributed by atoms with Gasteiger partial charge in [0.05, 0.1) is 7.11 Å². The lowest BCUT2D eigenvalue weighted by Crippen LogP contribution is -2.45. The molecule has 1 aromatic carbocycles. The molecule has 0 saturated carbocycles. The fraction of sp³-hybridized carbons (Fsp3) is 0.556. The average molecular weight is 492 g/mol. The Labute approximate surface area is 177 Å². The highest BCUT2D eigenvalue weighted by Gasteiger charge is 2.29. The minimum absolute atomic E-state index is 0. The van der Waals surface area contributed by atoms with E-state index in [2.05, 4.69) is 27.9 Å². The van der Waals surface area contributed by atoms with E-state index in [0.717, 1.165) is 12.5 Å². The molecule has 1 aromatic rings. The zero-order valence-corrected chi connectivity index (χ0v) is 18.8. The van der Waals surface area contributed by atoms with E-state index in [1.165, 1.54) is 18.6 Å². The number of thioether (sulfide) groups is 1. The van der Waals surface area contributed by atoms with Crippen molar-refractivity contribution in [1.82, 2.24) is 16.0 Å². The molecule has 1 fully saturated rings. The standard InChI is InChI=1S/C18H28N4O2S.HI/c1-18(8-5-11-25-18)13-22-17(19-2)21-10-9-20-16(23)14-6-4-7-15(12-14)24-3;/h4,6-7,12H,5,8-11,13H2,1-3H3,(H,20,23)(H2,19,21,22);1H. The first-order valence-corrected chi connectivity index (χ1v) is 9.55. The number of halogens is 1. The second-order valence-corrected chi connectivity index (χ2v) is 7.92. The summed E-state index contributed by atoms with van der Waals surface area (Å²) in [6, 6.07) is 7.12. The van der Waals surface area contributed by atoms with Crippen molar-refractivity contribution >= 4 is 47.6 Å². The molecule has 1 saturated heterocycles. The van der Waals surface area contributed by atoms with Gasteiger partial charge in [0.15, 0.2) is 5.96 Å². The van der Waals surface area contributed by atoms with Crippen LogP contribution in [0.4, 0.5) is 0 Å². The van der Waals surface area contributed by atoms with E-state index in [4.69, 9.17) is 4.74 Å². The van der Waals surface area contributed by atoms with Crippen molar-refractivity contribution < 1.29 is 9.53 Å². The van der Waals surface area contributed by atoms with Gasteiger partial charge >= 0.3 is 0 Å². The second-order valence-electron chi connectivity index (χ2n) is 6.24. The van der Waals surface area contributed by atoms with Crippen LogP contribution in [-0.4, -0.2) is 56.2 Å². The molecule has 8 heteroatoms. The molecule has 1 atom stereocenters. The van der Waals surface area contributed by atoms with Crippen LogP contribution in [-0.2, 0) is 0 Å². The van der Waals surface area contributed by atoms with Gasteiger partial charge in [0.2, 0.25) is 0 Å². The molecule has 0 aromatic heterocycles. The monoisotopic (exact) mass is 492 g/mol. The summed E-state index contributed by atoms with van der Waals surface area (Å²) in [5, 5.41) is 9.50. The highest BCUT2D eigenvalue weighted by molar-refractivity contribution is 14.0. The molecule has 26 heavy (non-hydrogen) atoms. The minimum Gasteiger partial charge on any atom is -0.497 e. The van der Waals surface area contributed by atoms with Crippen molar-refractivity contribution in [2.24, 2.45) is 4.99 Å². The quantitative estimate of drug-likeness (QED) is 0.236. The number of rotatable bonds is 7. The van der Waals surface area contributed by atoms with E-state index in [1.54, 1.807) is 32.4 Å². The van der Waals surface area contributed by atoms with Crippen LogP contribution in [0, 0.1) is 0 Å². The number of benzene rings is 1. The van der Waals surface area contributed by atoms with Gasteiger partial charge in [-0.05, 0) is 43.7 Å².